The molecule has 0 aliphatic carbocycles. The summed E-state index contributed by atoms with van der Waals surface area (Å²) in [6.45, 7) is 3.66. The van der Waals surface area contributed by atoms with E-state index < -0.39 is 0 Å². The summed E-state index contributed by atoms with van der Waals surface area (Å²) >= 11 is 0. The van der Waals surface area contributed by atoms with E-state index in [1.165, 1.54) is 22.3 Å². The van der Waals surface area contributed by atoms with Gasteiger partial charge in [-0.25, -0.2) is 9.98 Å². The van der Waals surface area contributed by atoms with Crippen LogP contribution in [-0.2, 0) is 6.54 Å². The van der Waals surface area contributed by atoms with Crippen molar-refractivity contribution in [1.82, 2.24) is 4.90 Å². The highest BCUT2D eigenvalue weighted by atomic mass is 15.3. The third-order valence-corrected chi connectivity index (χ3v) is 4.07. The number of rotatable bonds is 3. The monoisotopic (exact) mass is 287 g/mol. The molecule has 0 atom stereocenters. The second-order valence-electron chi connectivity index (χ2n) is 5.69. The maximum Gasteiger partial charge on any atom is 0.173 e. The van der Waals surface area contributed by atoms with Gasteiger partial charge in [0.15, 0.2) is 5.84 Å². The van der Waals surface area contributed by atoms with Crippen molar-refractivity contribution in [2.75, 3.05) is 6.67 Å². The molecule has 0 saturated carbocycles. The van der Waals surface area contributed by atoms with E-state index in [2.05, 4.69) is 70.3 Å². The summed E-state index contributed by atoms with van der Waals surface area (Å²) < 4.78 is 0. The Labute approximate surface area is 130 Å². The van der Waals surface area contributed by atoms with Gasteiger partial charge in [-0.3, -0.25) is 0 Å². The van der Waals surface area contributed by atoms with Crippen LogP contribution in [0.5, 0.6) is 0 Å². The van der Waals surface area contributed by atoms with Crippen molar-refractivity contribution in [3.63, 3.8) is 0 Å². The number of allylic oxidation sites excluding steroid dienone is 1. The molecule has 2 aromatic rings. The van der Waals surface area contributed by atoms with Gasteiger partial charge in [-0.15, -0.1) is 0 Å². The van der Waals surface area contributed by atoms with E-state index in [4.69, 9.17) is 0 Å². The molecule has 0 amide bonds. The molecule has 0 unspecified atom stereocenters. The van der Waals surface area contributed by atoms with Gasteiger partial charge in [-0.05, 0) is 18.1 Å². The second kappa shape index (κ2) is 5.26. The lowest BCUT2D eigenvalue weighted by molar-refractivity contribution is 0.385. The minimum atomic E-state index is 0.687. The van der Waals surface area contributed by atoms with Crippen LogP contribution in [0.3, 0.4) is 0 Å². The molecule has 0 spiro atoms. The van der Waals surface area contributed by atoms with Crippen molar-refractivity contribution in [3.05, 3.63) is 77.0 Å². The minimum Gasteiger partial charge on any atom is -0.344 e. The zero-order valence-corrected chi connectivity index (χ0v) is 12.5. The van der Waals surface area contributed by atoms with Crippen molar-refractivity contribution in [3.8, 4) is 0 Å². The summed E-state index contributed by atoms with van der Waals surface area (Å²) in [5, 5.41) is 0. The lowest BCUT2D eigenvalue weighted by atomic mass is 10.0. The smallest absolute Gasteiger partial charge is 0.173 e. The lowest BCUT2D eigenvalue weighted by Crippen LogP contribution is -2.20. The van der Waals surface area contributed by atoms with Gasteiger partial charge in [0.05, 0.1) is 5.70 Å². The Morgan fingerprint density at radius 2 is 1.77 bits per heavy atom. The van der Waals surface area contributed by atoms with Crippen LogP contribution in [0.15, 0.2) is 70.3 Å². The molecule has 0 saturated heterocycles. The van der Waals surface area contributed by atoms with Crippen LogP contribution in [0.1, 0.15) is 16.7 Å². The zero-order valence-electron chi connectivity index (χ0n) is 12.5. The Morgan fingerprint density at radius 1 is 1.00 bits per heavy atom. The molecule has 2 aliphatic rings. The predicted molar refractivity (Wildman–Crippen MR) is 90.9 cm³/mol. The average Bonchev–Trinajstić information content (AvgIpc) is 3.13. The first-order valence-corrected chi connectivity index (χ1v) is 7.50. The number of hydrogen-bond acceptors (Lipinski definition) is 3. The maximum atomic E-state index is 4.56. The quantitative estimate of drug-likeness (QED) is 0.846. The zero-order chi connectivity index (χ0) is 14.9. The fourth-order valence-corrected chi connectivity index (χ4v) is 2.90. The summed E-state index contributed by atoms with van der Waals surface area (Å²) in [5.41, 5.74) is 6.10. The van der Waals surface area contributed by atoms with Crippen LogP contribution in [0.25, 0.3) is 5.57 Å². The first kappa shape index (κ1) is 13.0. The van der Waals surface area contributed by atoms with Gasteiger partial charge in [-0.1, -0.05) is 60.2 Å². The molecule has 0 bridgehead atoms. The number of nitrogens with zero attached hydrogens (tertiary/aromatic N) is 3. The van der Waals surface area contributed by atoms with Gasteiger partial charge in [0.2, 0.25) is 0 Å². The summed E-state index contributed by atoms with van der Waals surface area (Å²) in [6, 6.07) is 19.1. The van der Waals surface area contributed by atoms with E-state index in [1.807, 2.05) is 12.3 Å². The molecule has 4 rings (SSSR count). The van der Waals surface area contributed by atoms with Crippen LogP contribution in [0.2, 0.25) is 0 Å². The fourth-order valence-electron chi connectivity index (χ4n) is 2.90. The molecule has 2 heterocycles. The number of aliphatic imine (C=N–C) groups is 2. The third kappa shape index (κ3) is 2.25. The number of aryl methyl sites for hydroxylation is 1. The normalized spacial score (nSPS) is 16.2. The number of hydrogen-bond donors (Lipinski definition) is 0. The Kier molecular flexibility index (Phi) is 3.11. The topological polar surface area (TPSA) is 28.0 Å². The van der Waals surface area contributed by atoms with Gasteiger partial charge in [-0.2, -0.15) is 0 Å². The molecule has 0 radical (unpaired) electrons. The van der Waals surface area contributed by atoms with Gasteiger partial charge < -0.3 is 4.90 Å². The highest BCUT2D eigenvalue weighted by molar-refractivity contribution is 6.29. The highest BCUT2D eigenvalue weighted by Crippen LogP contribution is 2.30. The fraction of sp³-hybridized carbons (Fsp3) is 0.158. The molecule has 2 aliphatic heterocycles. The number of amidine groups is 1. The SMILES string of the molecule is Cc1ccc(C2=C3C(=NCN3Cc3ccccc3)N=C2)cc1. The van der Waals surface area contributed by atoms with Gasteiger partial charge in [0.1, 0.15) is 6.67 Å². The molecule has 0 aromatic heterocycles. The van der Waals surface area contributed by atoms with Crippen LogP contribution < -0.4 is 0 Å². The maximum absolute atomic E-state index is 4.56. The van der Waals surface area contributed by atoms with Crippen molar-refractivity contribution in [1.29, 1.82) is 0 Å². The van der Waals surface area contributed by atoms with Crippen LogP contribution >= 0.6 is 0 Å². The van der Waals surface area contributed by atoms with Crippen molar-refractivity contribution >= 4 is 17.6 Å². The number of fused-ring (bicyclic) bond motifs is 1. The van der Waals surface area contributed by atoms with E-state index in [0.717, 1.165) is 18.1 Å². The van der Waals surface area contributed by atoms with E-state index in [-0.39, 0.29) is 0 Å². The third-order valence-electron chi connectivity index (χ3n) is 4.07. The Bertz CT molecular complexity index is 783. The number of benzene rings is 2. The molecule has 3 nitrogen and oxygen atoms in total. The van der Waals surface area contributed by atoms with E-state index in [9.17, 15) is 0 Å². The minimum absolute atomic E-state index is 0.687. The molecule has 22 heavy (non-hydrogen) atoms. The van der Waals surface area contributed by atoms with Crippen LogP contribution in [0.4, 0.5) is 0 Å². The molecular weight excluding hydrogens is 270 g/mol. The standard InChI is InChI=1S/C19H17N3/c1-14-7-9-16(10-8-14)17-11-20-19-18(17)22(13-21-19)12-15-5-3-2-4-6-15/h2-11H,12-13H2,1H3. The Balaban J connectivity index is 1.69. The van der Waals surface area contributed by atoms with Crippen molar-refractivity contribution in [2.24, 2.45) is 9.98 Å². The molecule has 2 aromatic carbocycles. The Hall–Kier alpha value is -2.68. The summed E-state index contributed by atoms with van der Waals surface area (Å²) in [6.07, 6.45) is 1.94. The van der Waals surface area contributed by atoms with Crippen LogP contribution in [0, 0.1) is 6.92 Å². The summed E-state index contributed by atoms with van der Waals surface area (Å²) in [5.74, 6) is 0.867. The largest absolute Gasteiger partial charge is 0.344 e. The first-order valence-electron chi connectivity index (χ1n) is 7.50. The van der Waals surface area contributed by atoms with E-state index in [1.54, 1.807) is 0 Å². The van der Waals surface area contributed by atoms with E-state index >= 15 is 0 Å². The summed E-state index contributed by atoms with van der Waals surface area (Å²) in [4.78, 5) is 11.3. The molecule has 0 N–H and O–H groups in total. The van der Waals surface area contributed by atoms with E-state index in [0.29, 0.717) is 6.67 Å². The predicted octanol–water partition coefficient (Wildman–Crippen LogP) is 3.66. The molecular formula is C19H17N3. The first-order chi connectivity index (χ1) is 10.8. The van der Waals surface area contributed by atoms with Gasteiger partial charge in [0, 0.05) is 18.3 Å². The second-order valence-corrected chi connectivity index (χ2v) is 5.69. The highest BCUT2D eigenvalue weighted by Gasteiger charge is 2.28. The van der Waals surface area contributed by atoms with Crippen molar-refractivity contribution in [2.45, 2.75) is 13.5 Å². The van der Waals surface area contributed by atoms with Crippen molar-refractivity contribution < 1.29 is 0 Å². The van der Waals surface area contributed by atoms with Gasteiger partial charge >= 0.3 is 0 Å². The lowest BCUT2D eigenvalue weighted by Gasteiger charge is -2.20. The van der Waals surface area contributed by atoms with Gasteiger partial charge in [0.25, 0.3) is 0 Å². The molecule has 3 heteroatoms. The summed E-state index contributed by atoms with van der Waals surface area (Å²) in [7, 11) is 0. The molecule has 108 valence electrons. The Morgan fingerprint density at radius 3 is 2.55 bits per heavy atom. The van der Waals surface area contributed by atoms with Crippen LogP contribution in [-0.4, -0.2) is 23.6 Å². The molecule has 0 fully saturated rings. The average molecular weight is 287 g/mol.